The van der Waals surface area contributed by atoms with E-state index in [1.54, 1.807) is 6.92 Å². The van der Waals surface area contributed by atoms with Crippen molar-refractivity contribution in [1.29, 1.82) is 0 Å². The Morgan fingerprint density at radius 2 is 1.77 bits per heavy atom. The molecular weight excluding hydrogens is 186 g/mol. The van der Waals surface area contributed by atoms with E-state index in [-0.39, 0.29) is 0 Å². The summed E-state index contributed by atoms with van der Waals surface area (Å²) in [7, 11) is 0. The molecule has 0 radical (unpaired) electrons. The Labute approximate surface area is 78.9 Å². The fraction of sp³-hybridized carbons (Fsp3) is 0.286. The number of aromatic nitrogens is 5. The normalized spacial score (nSPS) is 10.3. The van der Waals surface area contributed by atoms with Crippen molar-refractivity contribution in [2.75, 3.05) is 0 Å². The van der Waals surface area contributed by atoms with E-state index in [1.165, 1.54) is 11.3 Å². The topological polar surface area (TPSA) is 64.5 Å². The maximum atomic E-state index is 4.22. The van der Waals surface area contributed by atoms with E-state index in [0.29, 0.717) is 11.6 Å². The zero-order chi connectivity index (χ0) is 9.26. The standard InChI is InChI=1S/C7H7N5S/c1-4-3-13-7(8-4)6-11-9-5(2)10-12-6/h3H,1-2H3. The number of thiazole rings is 1. The van der Waals surface area contributed by atoms with Crippen LogP contribution in [0.1, 0.15) is 11.5 Å². The van der Waals surface area contributed by atoms with Gasteiger partial charge in [-0.05, 0) is 13.8 Å². The quantitative estimate of drug-likeness (QED) is 0.676. The lowest BCUT2D eigenvalue weighted by Gasteiger charge is -1.91. The van der Waals surface area contributed by atoms with Gasteiger partial charge in [0.05, 0.1) is 0 Å². The van der Waals surface area contributed by atoms with E-state index < -0.39 is 0 Å². The second kappa shape index (κ2) is 3.14. The van der Waals surface area contributed by atoms with E-state index >= 15 is 0 Å². The molecule has 66 valence electrons. The minimum absolute atomic E-state index is 0.490. The molecule has 2 aromatic heterocycles. The molecule has 6 heteroatoms. The Morgan fingerprint density at radius 1 is 1.08 bits per heavy atom. The molecule has 0 saturated heterocycles. The van der Waals surface area contributed by atoms with Crippen LogP contribution in [0.4, 0.5) is 0 Å². The van der Waals surface area contributed by atoms with Gasteiger partial charge in [-0.25, -0.2) is 4.98 Å². The van der Waals surface area contributed by atoms with Gasteiger partial charge in [0.25, 0.3) is 0 Å². The second-order valence-electron chi connectivity index (χ2n) is 2.56. The molecule has 0 aromatic carbocycles. The molecule has 0 N–H and O–H groups in total. The molecule has 13 heavy (non-hydrogen) atoms. The van der Waals surface area contributed by atoms with E-state index in [0.717, 1.165) is 10.7 Å². The van der Waals surface area contributed by atoms with Crippen LogP contribution in [0.2, 0.25) is 0 Å². The molecule has 0 atom stereocenters. The number of hydrogen-bond donors (Lipinski definition) is 0. The second-order valence-corrected chi connectivity index (χ2v) is 3.42. The first kappa shape index (κ1) is 8.18. The number of hydrogen-bond acceptors (Lipinski definition) is 6. The highest BCUT2D eigenvalue weighted by molar-refractivity contribution is 7.13. The van der Waals surface area contributed by atoms with Crippen molar-refractivity contribution >= 4 is 11.3 Å². The summed E-state index contributed by atoms with van der Waals surface area (Å²) in [6.07, 6.45) is 0. The maximum absolute atomic E-state index is 4.22. The first-order valence-corrected chi connectivity index (χ1v) is 4.60. The smallest absolute Gasteiger partial charge is 0.232 e. The van der Waals surface area contributed by atoms with Crippen LogP contribution in [-0.2, 0) is 0 Å². The van der Waals surface area contributed by atoms with Crippen LogP contribution >= 0.6 is 11.3 Å². The number of rotatable bonds is 1. The average molecular weight is 193 g/mol. The van der Waals surface area contributed by atoms with Crippen LogP contribution in [0.3, 0.4) is 0 Å². The van der Waals surface area contributed by atoms with E-state index in [1.807, 2.05) is 12.3 Å². The third kappa shape index (κ3) is 1.67. The summed E-state index contributed by atoms with van der Waals surface area (Å²) in [6.45, 7) is 3.67. The summed E-state index contributed by atoms with van der Waals surface area (Å²) in [4.78, 5) is 4.22. The predicted molar refractivity (Wildman–Crippen MR) is 48.2 cm³/mol. The number of nitrogens with zero attached hydrogens (tertiary/aromatic N) is 5. The minimum Gasteiger partial charge on any atom is -0.238 e. The van der Waals surface area contributed by atoms with Gasteiger partial charge in [0.1, 0.15) is 0 Å². The largest absolute Gasteiger partial charge is 0.238 e. The molecule has 2 rings (SSSR count). The molecule has 0 aliphatic carbocycles. The van der Waals surface area contributed by atoms with Crippen molar-refractivity contribution in [3.05, 3.63) is 16.9 Å². The third-order valence-corrected chi connectivity index (χ3v) is 2.35. The third-order valence-electron chi connectivity index (χ3n) is 1.39. The summed E-state index contributed by atoms with van der Waals surface area (Å²) < 4.78 is 0. The van der Waals surface area contributed by atoms with Gasteiger partial charge >= 0.3 is 0 Å². The van der Waals surface area contributed by atoms with Gasteiger partial charge in [0.15, 0.2) is 10.8 Å². The van der Waals surface area contributed by atoms with Gasteiger partial charge in [-0.1, -0.05) is 0 Å². The van der Waals surface area contributed by atoms with Crippen molar-refractivity contribution in [3.8, 4) is 10.8 Å². The lowest BCUT2D eigenvalue weighted by Crippen LogP contribution is -1.98. The zero-order valence-corrected chi connectivity index (χ0v) is 8.04. The first-order chi connectivity index (χ1) is 6.25. The van der Waals surface area contributed by atoms with Crippen molar-refractivity contribution < 1.29 is 0 Å². The molecule has 0 saturated carbocycles. The van der Waals surface area contributed by atoms with Crippen LogP contribution in [-0.4, -0.2) is 25.4 Å². The molecule has 2 aromatic rings. The van der Waals surface area contributed by atoms with Crippen molar-refractivity contribution in [3.63, 3.8) is 0 Å². The summed E-state index contributed by atoms with van der Waals surface area (Å²) in [5, 5.41) is 18.1. The summed E-state index contributed by atoms with van der Waals surface area (Å²) >= 11 is 1.49. The molecule has 0 unspecified atom stereocenters. The van der Waals surface area contributed by atoms with E-state index in [2.05, 4.69) is 25.4 Å². The van der Waals surface area contributed by atoms with Gasteiger partial charge in [-0.15, -0.1) is 31.7 Å². The van der Waals surface area contributed by atoms with Crippen LogP contribution in [0.15, 0.2) is 5.38 Å². The predicted octanol–water partition coefficient (Wildman–Crippen LogP) is 1.01. The average Bonchev–Trinajstić information content (AvgIpc) is 2.53. The summed E-state index contributed by atoms with van der Waals surface area (Å²) in [6, 6.07) is 0. The zero-order valence-electron chi connectivity index (χ0n) is 7.22. The molecule has 0 aliphatic heterocycles. The lowest BCUT2D eigenvalue weighted by atomic mass is 10.6. The minimum atomic E-state index is 0.490. The fourth-order valence-electron chi connectivity index (χ4n) is 0.822. The molecule has 0 spiro atoms. The van der Waals surface area contributed by atoms with Gasteiger partial charge in [-0.3, -0.25) is 0 Å². The van der Waals surface area contributed by atoms with Gasteiger partial charge in [-0.2, -0.15) is 0 Å². The van der Waals surface area contributed by atoms with Gasteiger partial charge < -0.3 is 0 Å². The molecule has 0 amide bonds. The Balaban J connectivity index is 2.41. The fourth-order valence-corrected chi connectivity index (χ4v) is 1.54. The first-order valence-electron chi connectivity index (χ1n) is 3.72. The summed E-state index contributed by atoms with van der Waals surface area (Å²) in [5.74, 6) is 1.06. The SMILES string of the molecule is Cc1csc(-c2nnc(C)nn2)n1. The van der Waals surface area contributed by atoms with Crippen molar-refractivity contribution in [1.82, 2.24) is 25.4 Å². The van der Waals surface area contributed by atoms with Crippen LogP contribution in [0, 0.1) is 13.8 Å². The van der Waals surface area contributed by atoms with Crippen LogP contribution in [0.25, 0.3) is 10.8 Å². The van der Waals surface area contributed by atoms with Gasteiger partial charge in [0.2, 0.25) is 5.82 Å². The highest BCUT2D eigenvalue weighted by atomic mass is 32.1. The van der Waals surface area contributed by atoms with E-state index in [4.69, 9.17) is 0 Å². The highest BCUT2D eigenvalue weighted by Gasteiger charge is 2.06. The number of aryl methyl sites for hydroxylation is 2. The summed E-state index contributed by atoms with van der Waals surface area (Å²) in [5.41, 5.74) is 0.962. The van der Waals surface area contributed by atoms with Crippen molar-refractivity contribution in [2.45, 2.75) is 13.8 Å². The molecule has 2 heterocycles. The molecular formula is C7H7N5S. The highest BCUT2D eigenvalue weighted by Crippen LogP contribution is 2.17. The Morgan fingerprint density at radius 3 is 2.31 bits per heavy atom. The Hall–Kier alpha value is -1.43. The van der Waals surface area contributed by atoms with Crippen molar-refractivity contribution in [2.24, 2.45) is 0 Å². The Bertz CT molecular complexity index is 407. The molecule has 0 aliphatic rings. The molecule has 0 fully saturated rings. The Kier molecular flexibility index (Phi) is 1.97. The van der Waals surface area contributed by atoms with Crippen LogP contribution < -0.4 is 0 Å². The maximum Gasteiger partial charge on any atom is 0.232 e. The van der Waals surface area contributed by atoms with Gasteiger partial charge in [0, 0.05) is 11.1 Å². The molecule has 0 bridgehead atoms. The molecule has 5 nitrogen and oxygen atoms in total. The van der Waals surface area contributed by atoms with E-state index in [9.17, 15) is 0 Å². The monoisotopic (exact) mass is 193 g/mol. The van der Waals surface area contributed by atoms with Crippen LogP contribution in [0.5, 0.6) is 0 Å². The lowest BCUT2D eigenvalue weighted by molar-refractivity contribution is 0.814.